The van der Waals surface area contributed by atoms with Gasteiger partial charge in [0.15, 0.2) is 0 Å². The first kappa shape index (κ1) is 14.0. The van der Waals surface area contributed by atoms with Gasteiger partial charge in [-0.15, -0.1) is 0 Å². The summed E-state index contributed by atoms with van der Waals surface area (Å²) in [6.45, 7) is 6.26. The van der Waals surface area contributed by atoms with E-state index in [4.69, 9.17) is 16.6 Å². The molecule has 0 aliphatic heterocycles. The fourth-order valence-corrected chi connectivity index (χ4v) is 1.99. The summed E-state index contributed by atoms with van der Waals surface area (Å²) in [7, 11) is 0. The molecule has 1 atom stereocenters. The number of nitrogens with two attached hydrogens (primary N) is 2. The Morgan fingerprint density at radius 1 is 1.41 bits per heavy atom. The van der Waals surface area contributed by atoms with E-state index in [1.54, 1.807) is 0 Å². The summed E-state index contributed by atoms with van der Waals surface area (Å²) in [5.74, 6) is 0. The average Bonchev–Trinajstić information content (AvgIpc) is 2.35. The molecular formula is C13H23N3O. The largest absolute Gasteiger partial charge is 0.395 e. The summed E-state index contributed by atoms with van der Waals surface area (Å²) in [6.07, 6.45) is 0. The molecule has 0 unspecified atom stereocenters. The van der Waals surface area contributed by atoms with Crippen molar-refractivity contribution in [3.8, 4) is 0 Å². The van der Waals surface area contributed by atoms with E-state index in [0.717, 1.165) is 23.4 Å². The molecule has 1 rings (SSSR count). The minimum atomic E-state index is -0.100. The predicted molar refractivity (Wildman–Crippen MR) is 72.1 cm³/mol. The van der Waals surface area contributed by atoms with E-state index in [2.05, 4.69) is 17.9 Å². The van der Waals surface area contributed by atoms with Gasteiger partial charge in [-0.1, -0.05) is 6.07 Å². The van der Waals surface area contributed by atoms with E-state index in [-0.39, 0.29) is 12.6 Å². The van der Waals surface area contributed by atoms with Crippen LogP contribution in [-0.4, -0.2) is 31.3 Å². The smallest absolute Gasteiger partial charge is 0.0606 e. The molecule has 0 spiro atoms. The summed E-state index contributed by atoms with van der Waals surface area (Å²) < 4.78 is 0. The Morgan fingerprint density at radius 2 is 2.12 bits per heavy atom. The maximum absolute atomic E-state index is 9.00. The van der Waals surface area contributed by atoms with Gasteiger partial charge >= 0.3 is 0 Å². The minimum Gasteiger partial charge on any atom is -0.395 e. The van der Waals surface area contributed by atoms with E-state index in [1.165, 1.54) is 0 Å². The standard InChI is InChI=1S/C13H23N3O/c1-3-16(6-7-17)11-4-5-12(10(2)8-11)13(15)9-14/h4-5,8,13,17H,3,6-7,9,14-15H2,1-2H3/t13-/m1/s1. The second-order valence-electron chi connectivity index (χ2n) is 4.19. The molecular weight excluding hydrogens is 214 g/mol. The van der Waals surface area contributed by atoms with Crippen LogP contribution in [0, 0.1) is 6.92 Å². The molecule has 0 radical (unpaired) electrons. The van der Waals surface area contributed by atoms with Crippen LogP contribution in [-0.2, 0) is 0 Å². The number of rotatable bonds is 6. The fourth-order valence-electron chi connectivity index (χ4n) is 1.99. The van der Waals surface area contributed by atoms with Gasteiger partial charge in [0.1, 0.15) is 0 Å². The highest BCUT2D eigenvalue weighted by Crippen LogP contribution is 2.22. The van der Waals surface area contributed by atoms with Gasteiger partial charge in [0.25, 0.3) is 0 Å². The number of aliphatic hydroxyl groups is 1. The highest BCUT2D eigenvalue weighted by atomic mass is 16.3. The zero-order valence-corrected chi connectivity index (χ0v) is 10.7. The van der Waals surface area contributed by atoms with Gasteiger partial charge in [0, 0.05) is 31.4 Å². The van der Waals surface area contributed by atoms with Crippen molar-refractivity contribution in [3.05, 3.63) is 29.3 Å². The van der Waals surface area contributed by atoms with E-state index >= 15 is 0 Å². The van der Waals surface area contributed by atoms with Crippen LogP contribution in [0.5, 0.6) is 0 Å². The summed E-state index contributed by atoms with van der Waals surface area (Å²) in [6, 6.07) is 6.07. The normalized spacial score (nSPS) is 12.5. The quantitative estimate of drug-likeness (QED) is 0.683. The molecule has 17 heavy (non-hydrogen) atoms. The summed E-state index contributed by atoms with van der Waals surface area (Å²) in [5, 5.41) is 9.00. The Bertz CT molecular complexity index is 355. The van der Waals surface area contributed by atoms with Gasteiger partial charge in [0.05, 0.1) is 6.61 Å². The number of likely N-dealkylation sites (N-methyl/N-ethyl adjacent to an activating group) is 1. The van der Waals surface area contributed by atoms with Gasteiger partial charge in [-0.05, 0) is 37.1 Å². The van der Waals surface area contributed by atoms with Crippen LogP contribution in [0.15, 0.2) is 18.2 Å². The molecule has 0 aromatic heterocycles. The number of anilines is 1. The predicted octanol–water partition coefficient (Wildman–Crippen LogP) is 0.772. The molecule has 0 aliphatic carbocycles. The van der Waals surface area contributed by atoms with Crippen molar-refractivity contribution in [2.24, 2.45) is 11.5 Å². The molecule has 0 saturated heterocycles. The lowest BCUT2D eigenvalue weighted by molar-refractivity contribution is 0.302. The second kappa shape index (κ2) is 6.59. The molecule has 0 amide bonds. The molecule has 1 aromatic rings. The third-order valence-electron chi connectivity index (χ3n) is 3.02. The van der Waals surface area contributed by atoms with E-state index in [0.29, 0.717) is 13.1 Å². The highest BCUT2D eigenvalue weighted by Gasteiger charge is 2.09. The van der Waals surface area contributed by atoms with Gasteiger partial charge in [-0.25, -0.2) is 0 Å². The highest BCUT2D eigenvalue weighted by molar-refractivity contribution is 5.51. The van der Waals surface area contributed by atoms with Crippen molar-refractivity contribution in [2.75, 3.05) is 31.1 Å². The van der Waals surface area contributed by atoms with Crippen molar-refractivity contribution >= 4 is 5.69 Å². The number of aliphatic hydroxyl groups excluding tert-OH is 1. The molecule has 0 aliphatic rings. The van der Waals surface area contributed by atoms with Gasteiger partial charge < -0.3 is 21.5 Å². The Labute approximate surface area is 103 Å². The van der Waals surface area contributed by atoms with E-state index < -0.39 is 0 Å². The van der Waals surface area contributed by atoms with Crippen LogP contribution in [0.2, 0.25) is 0 Å². The zero-order chi connectivity index (χ0) is 12.8. The summed E-state index contributed by atoms with van der Waals surface area (Å²) >= 11 is 0. The molecule has 1 aromatic carbocycles. The van der Waals surface area contributed by atoms with Crippen molar-refractivity contribution in [1.29, 1.82) is 0 Å². The second-order valence-corrected chi connectivity index (χ2v) is 4.19. The maximum Gasteiger partial charge on any atom is 0.0606 e. The molecule has 0 heterocycles. The third-order valence-corrected chi connectivity index (χ3v) is 3.02. The third kappa shape index (κ3) is 3.43. The zero-order valence-electron chi connectivity index (χ0n) is 10.7. The van der Waals surface area contributed by atoms with Crippen molar-refractivity contribution in [1.82, 2.24) is 0 Å². The van der Waals surface area contributed by atoms with Crippen LogP contribution in [0.1, 0.15) is 24.1 Å². The van der Waals surface area contributed by atoms with Crippen LogP contribution in [0.25, 0.3) is 0 Å². The Morgan fingerprint density at radius 3 is 2.59 bits per heavy atom. The lowest BCUT2D eigenvalue weighted by Crippen LogP contribution is -2.26. The van der Waals surface area contributed by atoms with Crippen LogP contribution in [0.4, 0.5) is 5.69 Å². The topological polar surface area (TPSA) is 75.5 Å². The monoisotopic (exact) mass is 237 g/mol. The molecule has 4 heteroatoms. The van der Waals surface area contributed by atoms with Crippen molar-refractivity contribution < 1.29 is 5.11 Å². The number of hydrogen-bond acceptors (Lipinski definition) is 4. The Kier molecular flexibility index (Phi) is 5.41. The maximum atomic E-state index is 9.00. The molecule has 96 valence electrons. The first-order chi connectivity index (χ1) is 8.13. The minimum absolute atomic E-state index is 0.100. The van der Waals surface area contributed by atoms with Gasteiger partial charge in [-0.2, -0.15) is 0 Å². The van der Waals surface area contributed by atoms with Crippen molar-refractivity contribution in [3.63, 3.8) is 0 Å². The molecule has 5 N–H and O–H groups in total. The van der Waals surface area contributed by atoms with Crippen LogP contribution >= 0.6 is 0 Å². The fraction of sp³-hybridized carbons (Fsp3) is 0.538. The number of nitrogens with zero attached hydrogens (tertiary/aromatic N) is 1. The Balaban J connectivity index is 2.94. The van der Waals surface area contributed by atoms with Gasteiger partial charge in [-0.3, -0.25) is 0 Å². The van der Waals surface area contributed by atoms with E-state index in [1.807, 2.05) is 19.1 Å². The number of hydrogen-bond donors (Lipinski definition) is 3. The average molecular weight is 237 g/mol. The van der Waals surface area contributed by atoms with Crippen molar-refractivity contribution in [2.45, 2.75) is 19.9 Å². The first-order valence-electron chi connectivity index (χ1n) is 6.06. The number of benzene rings is 1. The van der Waals surface area contributed by atoms with Crippen LogP contribution in [0.3, 0.4) is 0 Å². The first-order valence-corrected chi connectivity index (χ1v) is 6.06. The number of aryl methyl sites for hydroxylation is 1. The lowest BCUT2D eigenvalue weighted by Gasteiger charge is -2.23. The SMILES string of the molecule is CCN(CCO)c1ccc([C@H](N)CN)c(C)c1. The van der Waals surface area contributed by atoms with Crippen LogP contribution < -0.4 is 16.4 Å². The molecule has 0 bridgehead atoms. The Hall–Kier alpha value is -1.10. The van der Waals surface area contributed by atoms with E-state index in [9.17, 15) is 0 Å². The molecule has 0 fully saturated rings. The summed E-state index contributed by atoms with van der Waals surface area (Å²) in [5.41, 5.74) is 14.9. The molecule has 4 nitrogen and oxygen atoms in total. The lowest BCUT2D eigenvalue weighted by atomic mass is 10.0. The summed E-state index contributed by atoms with van der Waals surface area (Å²) in [4.78, 5) is 2.13. The molecule has 0 saturated carbocycles. The van der Waals surface area contributed by atoms with Gasteiger partial charge in [0.2, 0.25) is 0 Å².